The average Bonchev–Trinajstić information content (AvgIpc) is 2.28. The summed E-state index contributed by atoms with van der Waals surface area (Å²) in [5.41, 5.74) is 2.67. The molecule has 0 spiro atoms. The quantitative estimate of drug-likeness (QED) is 0.853. The fourth-order valence-corrected chi connectivity index (χ4v) is 2.41. The molecule has 94 valence electrons. The van der Waals surface area contributed by atoms with Crippen molar-refractivity contribution in [2.45, 2.75) is 27.2 Å². The number of aromatic amines is 1. The zero-order chi connectivity index (χ0) is 13.4. The predicted octanol–water partition coefficient (Wildman–Crippen LogP) is 2.41. The van der Waals surface area contributed by atoms with Gasteiger partial charge in [-0.3, -0.25) is 4.79 Å². The van der Waals surface area contributed by atoms with Crippen LogP contribution in [0.5, 0.6) is 0 Å². The van der Waals surface area contributed by atoms with Crippen LogP contribution in [0.4, 0.5) is 0 Å². The monoisotopic (exact) mass is 245 g/mol. The molecule has 0 aliphatic carbocycles. The van der Waals surface area contributed by atoms with Crippen molar-refractivity contribution < 1.29 is 9.90 Å². The van der Waals surface area contributed by atoms with Crippen LogP contribution in [-0.4, -0.2) is 16.1 Å². The van der Waals surface area contributed by atoms with E-state index in [1.165, 1.54) is 0 Å². The van der Waals surface area contributed by atoms with Crippen LogP contribution in [0, 0.1) is 13.8 Å². The summed E-state index contributed by atoms with van der Waals surface area (Å²) < 4.78 is 0. The van der Waals surface area contributed by atoms with Crippen molar-refractivity contribution in [1.29, 1.82) is 0 Å². The molecule has 0 radical (unpaired) electrons. The minimum atomic E-state index is -1.17. The van der Waals surface area contributed by atoms with Crippen LogP contribution in [0.1, 0.15) is 34.0 Å². The number of pyridine rings is 1. The first-order chi connectivity index (χ1) is 8.45. The molecule has 0 unspecified atom stereocenters. The Kier molecular flexibility index (Phi) is 2.95. The molecule has 0 bridgehead atoms. The Hall–Kier alpha value is -2.10. The van der Waals surface area contributed by atoms with Gasteiger partial charge in [0.1, 0.15) is 5.56 Å². The summed E-state index contributed by atoms with van der Waals surface area (Å²) in [6.45, 7) is 5.72. The van der Waals surface area contributed by atoms with Crippen LogP contribution in [0.15, 0.2) is 16.9 Å². The number of aromatic nitrogens is 1. The Morgan fingerprint density at radius 2 is 2.00 bits per heavy atom. The number of carboxylic acid groups (broad SMARTS) is 1. The second-order valence-electron chi connectivity index (χ2n) is 4.47. The minimum absolute atomic E-state index is 0.144. The molecule has 2 N–H and O–H groups in total. The zero-order valence-electron chi connectivity index (χ0n) is 10.6. The number of carboxylic acids is 1. The minimum Gasteiger partial charge on any atom is -0.477 e. The molecule has 0 saturated heterocycles. The summed E-state index contributed by atoms with van der Waals surface area (Å²) in [6, 6.07) is 3.89. The topological polar surface area (TPSA) is 70.2 Å². The van der Waals surface area contributed by atoms with E-state index in [0.717, 1.165) is 22.0 Å². The molecule has 0 amide bonds. The SMILES string of the molecule is CCc1c(C(=O)O)c(=O)[nH]c2c(C)cc(C)cc12. The van der Waals surface area contributed by atoms with Crippen molar-refractivity contribution in [2.75, 3.05) is 0 Å². The molecule has 4 nitrogen and oxygen atoms in total. The summed E-state index contributed by atoms with van der Waals surface area (Å²) in [4.78, 5) is 25.7. The molecule has 18 heavy (non-hydrogen) atoms. The number of hydrogen-bond donors (Lipinski definition) is 2. The number of aryl methyl sites for hydroxylation is 3. The molecule has 0 aliphatic rings. The second-order valence-corrected chi connectivity index (χ2v) is 4.47. The first-order valence-corrected chi connectivity index (χ1v) is 5.85. The van der Waals surface area contributed by atoms with Gasteiger partial charge in [-0.15, -0.1) is 0 Å². The number of fused-ring (bicyclic) bond motifs is 1. The van der Waals surface area contributed by atoms with Gasteiger partial charge in [0.15, 0.2) is 0 Å². The maximum atomic E-state index is 11.9. The predicted molar refractivity (Wildman–Crippen MR) is 70.4 cm³/mol. The highest BCUT2D eigenvalue weighted by molar-refractivity contribution is 5.96. The van der Waals surface area contributed by atoms with Crippen LogP contribution in [-0.2, 0) is 6.42 Å². The van der Waals surface area contributed by atoms with Crippen LogP contribution < -0.4 is 5.56 Å². The Morgan fingerprint density at radius 3 is 2.56 bits per heavy atom. The molecule has 0 atom stereocenters. The fourth-order valence-electron chi connectivity index (χ4n) is 2.41. The summed E-state index contributed by atoms with van der Waals surface area (Å²) in [5.74, 6) is -1.17. The van der Waals surface area contributed by atoms with Gasteiger partial charge in [0.05, 0.1) is 5.52 Å². The summed E-state index contributed by atoms with van der Waals surface area (Å²) >= 11 is 0. The lowest BCUT2D eigenvalue weighted by Gasteiger charge is -2.11. The van der Waals surface area contributed by atoms with Crippen molar-refractivity contribution >= 4 is 16.9 Å². The van der Waals surface area contributed by atoms with Crippen LogP contribution >= 0.6 is 0 Å². The summed E-state index contributed by atoms with van der Waals surface area (Å²) in [7, 11) is 0. The van der Waals surface area contributed by atoms with Gasteiger partial charge in [-0.05, 0) is 37.5 Å². The van der Waals surface area contributed by atoms with E-state index in [1.807, 2.05) is 32.9 Å². The third-order valence-electron chi connectivity index (χ3n) is 3.14. The number of carbonyl (C=O) groups is 1. The second kappa shape index (κ2) is 4.29. The average molecular weight is 245 g/mol. The van der Waals surface area contributed by atoms with Gasteiger partial charge < -0.3 is 10.1 Å². The molecule has 1 aromatic heterocycles. The zero-order valence-corrected chi connectivity index (χ0v) is 10.6. The molecule has 0 saturated carbocycles. The number of H-pyrrole nitrogens is 1. The standard InChI is InChI=1S/C14H15NO3/c1-4-9-10-6-7(2)5-8(3)12(10)15-13(16)11(9)14(17)18/h5-6H,4H2,1-3H3,(H,15,16)(H,17,18). The molecule has 2 rings (SSSR count). The summed E-state index contributed by atoms with van der Waals surface area (Å²) in [5, 5.41) is 9.98. The Bertz CT molecular complexity index is 698. The maximum absolute atomic E-state index is 11.9. The third kappa shape index (κ3) is 1.79. The Labute approximate surface area is 104 Å². The Balaban J connectivity index is 3.04. The highest BCUT2D eigenvalue weighted by Gasteiger charge is 2.18. The van der Waals surface area contributed by atoms with Crippen LogP contribution in [0.2, 0.25) is 0 Å². The van der Waals surface area contributed by atoms with Gasteiger partial charge >= 0.3 is 5.97 Å². The van der Waals surface area contributed by atoms with E-state index in [4.69, 9.17) is 5.11 Å². The highest BCUT2D eigenvalue weighted by Crippen LogP contribution is 2.23. The number of nitrogens with one attached hydrogen (secondary N) is 1. The molecule has 1 aromatic carbocycles. The van der Waals surface area contributed by atoms with Crippen LogP contribution in [0.3, 0.4) is 0 Å². The lowest BCUT2D eigenvalue weighted by molar-refractivity contribution is 0.0694. The third-order valence-corrected chi connectivity index (χ3v) is 3.14. The van der Waals surface area contributed by atoms with Crippen molar-refractivity contribution in [3.63, 3.8) is 0 Å². The van der Waals surface area contributed by atoms with E-state index in [9.17, 15) is 9.59 Å². The van der Waals surface area contributed by atoms with Crippen molar-refractivity contribution in [2.24, 2.45) is 0 Å². The smallest absolute Gasteiger partial charge is 0.341 e. The highest BCUT2D eigenvalue weighted by atomic mass is 16.4. The van der Waals surface area contributed by atoms with Crippen molar-refractivity contribution in [1.82, 2.24) is 4.98 Å². The molecule has 0 aliphatic heterocycles. The molecule has 0 fully saturated rings. The van der Waals surface area contributed by atoms with E-state index in [2.05, 4.69) is 4.98 Å². The van der Waals surface area contributed by atoms with Crippen molar-refractivity contribution in [3.8, 4) is 0 Å². The number of aromatic carboxylic acids is 1. The maximum Gasteiger partial charge on any atom is 0.341 e. The van der Waals surface area contributed by atoms with Gasteiger partial charge in [0, 0.05) is 5.39 Å². The van der Waals surface area contributed by atoms with Gasteiger partial charge in [-0.1, -0.05) is 18.6 Å². The summed E-state index contributed by atoms with van der Waals surface area (Å²) in [6.07, 6.45) is 0.519. The van der Waals surface area contributed by atoms with E-state index in [-0.39, 0.29) is 5.56 Å². The lowest BCUT2D eigenvalue weighted by Crippen LogP contribution is -2.21. The largest absolute Gasteiger partial charge is 0.477 e. The fraction of sp³-hybridized carbons (Fsp3) is 0.286. The first kappa shape index (κ1) is 12.4. The van der Waals surface area contributed by atoms with Gasteiger partial charge in [-0.25, -0.2) is 4.79 Å². The van der Waals surface area contributed by atoms with E-state index < -0.39 is 11.5 Å². The number of rotatable bonds is 2. The number of benzene rings is 1. The molecular weight excluding hydrogens is 230 g/mol. The van der Waals surface area contributed by atoms with E-state index in [0.29, 0.717) is 12.0 Å². The lowest BCUT2D eigenvalue weighted by atomic mass is 9.97. The van der Waals surface area contributed by atoms with Crippen LogP contribution in [0.25, 0.3) is 10.9 Å². The number of hydrogen-bond acceptors (Lipinski definition) is 2. The molecule has 2 aromatic rings. The molecule has 1 heterocycles. The Morgan fingerprint density at radius 1 is 1.33 bits per heavy atom. The molecular formula is C14H15NO3. The van der Waals surface area contributed by atoms with E-state index in [1.54, 1.807) is 0 Å². The van der Waals surface area contributed by atoms with Gasteiger partial charge in [-0.2, -0.15) is 0 Å². The molecule has 4 heteroatoms. The van der Waals surface area contributed by atoms with Crippen molar-refractivity contribution in [3.05, 3.63) is 44.7 Å². The first-order valence-electron chi connectivity index (χ1n) is 5.85. The normalized spacial score (nSPS) is 10.8. The van der Waals surface area contributed by atoms with Gasteiger partial charge in [0.25, 0.3) is 5.56 Å². The van der Waals surface area contributed by atoms with E-state index >= 15 is 0 Å². The van der Waals surface area contributed by atoms with Gasteiger partial charge in [0.2, 0.25) is 0 Å².